The van der Waals surface area contributed by atoms with Gasteiger partial charge in [-0.15, -0.1) is 0 Å². The number of esters is 1. The van der Waals surface area contributed by atoms with Crippen molar-refractivity contribution in [1.82, 2.24) is 4.31 Å². The quantitative estimate of drug-likeness (QED) is 0.771. The lowest BCUT2D eigenvalue weighted by Crippen LogP contribution is -2.31. The summed E-state index contributed by atoms with van der Waals surface area (Å²) in [6.45, 7) is 1.94. The van der Waals surface area contributed by atoms with E-state index in [2.05, 4.69) is 4.74 Å². The molecular weight excluding hydrogens is 286 g/mol. The van der Waals surface area contributed by atoms with Gasteiger partial charge in [-0.25, -0.2) is 18.0 Å². The molecule has 0 aromatic heterocycles. The van der Waals surface area contributed by atoms with Crippen molar-refractivity contribution in [1.29, 1.82) is 0 Å². The lowest BCUT2D eigenvalue weighted by molar-refractivity contribution is 0.0526. The monoisotopic (exact) mass is 299 g/mol. The minimum Gasteiger partial charge on any atom is -0.462 e. The average Bonchev–Trinajstić information content (AvgIpc) is 2.86. The van der Waals surface area contributed by atoms with Crippen LogP contribution in [-0.2, 0) is 19.5 Å². The summed E-state index contributed by atoms with van der Waals surface area (Å²) in [7, 11) is -3.94. The third kappa shape index (κ3) is 2.60. The van der Waals surface area contributed by atoms with Crippen LogP contribution in [0.5, 0.6) is 0 Å². The summed E-state index contributed by atoms with van der Waals surface area (Å²) in [6, 6.07) is 5.19. The molecule has 1 aromatic rings. The van der Waals surface area contributed by atoms with Gasteiger partial charge in [-0.05, 0) is 31.2 Å². The highest BCUT2D eigenvalue weighted by Crippen LogP contribution is 2.20. The zero-order chi connectivity index (χ0) is 14.8. The fraction of sp³-hybridized carbons (Fsp3) is 0.333. The summed E-state index contributed by atoms with van der Waals surface area (Å²) in [4.78, 5) is 22.7. The van der Waals surface area contributed by atoms with Crippen molar-refractivity contribution in [3.05, 3.63) is 29.8 Å². The van der Waals surface area contributed by atoms with E-state index in [1.165, 1.54) is 24.3 Å². The van der Waals surface area contributed by atoms with E-state index >= 15 is 0 Å². The molecule has 1 heterocycles. The molecule has 0 unspecified atom stereocenters. The van der Waals surface area contributed by atoms with Crippen LogP contribution in [-0.4, -0.2) is 44.5 Å². The van der Waals surface area contributed by atoms with Crippen molar-refractivity contribution in [2.24, 2.45) is 0 Å². The van der Waals surface area contributed by atoms with Crippen LogP contribution in [0.1, 0.15) is 17.3 Å². The number of cyclic esters (lactones) is 1. The van der Waals surface area contributed by atoms with Crippen molar-refractivity contribution in [2.75, 3.05) is 19.8 Å². The lowest BCUT2D eigenvalue weighted by Gasteiger charge is -2.13. The number of rotatable bonds is 4. The van der Waals surface area contributed by atoms with Crippen molar-refractivity contribution < 1.29 is 27.5 Å². The third-order valence-corrected chi connectivity index (χ3v) is 4.46. The molecule has 1 saturated heterocycles. The molecule has 7 nitrogen and oxygen atoms in total. The van der Waals surface area contributed by atoms with Crippen LogP contribution in [0.25, 0.3) is 0 Å². The molecule has 1 aliphatic rings. The van der Waals surface area contributed by atoms with E-state index in [1.54, 1.807) is 6.92 Å². The molecule has 108 valence electrons. The lowest BCUT2D eigenvalue weighted by atomic mass is 10.2. The average molecular weight is 299 g/mol. The van der Waals surface area contributed by atoms with E-state index in [9.17, 15) is 18.0 Å². The molecule has 0 saturated carbocycles. The van der Waals surface area contributed by atoms with E-state index in [1.807, 2.05) is 0 Å². The van der Waals surface area contributed by atoms with Crippen molar-refractivity contribution in [2.45, 2.75) is 11.8 Å². The zero-order valence-electron chi connectivity index (χ0n) is 10.7. The van der Waals surface area contributed by atoms with Gasteiger partial charge in [0.25, 0.3) is 10.0 Å². The van der Waals surface area contributed by atoms with Crippen LogP contribution in [0.2, 0.25) is 0 Å². The molecule has 2 rings (SSSR count). The molecule has 0 aliphatic carbocycles. The highest BCUT2D eigenvalue weighted by molar-refractivity contribution is 7.89. The summed E-state index contributed by atoms with van der Waals surface area (Å²) in [5.74, 6) is -0.531. The number of amides is 1. The summed E-state index contributed by atoms with van der Waals surface area (Å²) in [6.07, 6.45) is -0.889. The van der Waals surface area contributed by atoms with Gasteiger partial charge in [0.2, 0.25) is 0 Å². The standard InChI is InChI=1S/C12H13NO6S/c1-2-18-11(14)9-3-5-10(6-4-9)20(16,17)13-7-8-19-12(13)15/h3-6H,2,7-8H2,1H3. The maximum absolute atomic E-state index is 12.2. The van der Waals surface area contributed by atoms with Crippen molar-refractivity contribution >= 4 is 22.1 Å². The number of carbonyl (C=O) groups excluding carboxylic acids is 2. The Morgan fingerprint density at radius 2 is 2.00 bits per heavy atom. The first kappa shape index (κ1) is 14.3. The maximum atomic E-state index is 12.2. The van der Waals surface area contributed by atoms with Crippen LogP contribution >= 0.6 is 0 Å². The van der Waals surface area contributed by atoms with E-state index in [0.29, 0.717) is 4.31 Å². The number of nitrogens with zero attached hydrogens (tertiary/aromatic N) is 1. The molecule has 0 radical (unpaired) electrons. The Bertz CT molecular complexity index is 622. The Labute approximate surface area is 116 Å². The minimum absolute atomic E-state index is 0.0131. The molecule has 20 heavy (non-hydrogen) atoms. The molecule has 1 amide bonds. The van der Waals surface area contributed by atoms with Crippen LogP contribution in [0.4, 0.5) is 4.79 Å². The van der Waals surface area contributed by atoms with E-state index in [-0.39, 0.29) is 30.2 Å². The predicted octanol–water partition coefficient (Wildman–Crippen LogP) is 1.00. The molecule has 1 aliphatic heterocycles. The second-order valence-corrected chi connectivity index (χ2v) is 5.80. The predicted molar refractivity (Wildman–Crippen MR) is 67.6 cm³/mol. The SMILES string of the molecule is CCOC(=O)c1ccc(S(=O)(=O)N2CCOC2=O)cc1. The summed E-state index contributed by atoms with van der Waals surface area (Å²) >= 11 is 0. The Morgan fingerprint density at radius 3 is 2.50 bits per heavy atom. The zero-order valence-corrected chi connectivity index (χ0v) is 11.6. The fourth-order valence-corrected chi connectivity index (χ4v) is 3.00. The minimum atomic E-state index is -3.94. The number of hydrogen-bond donors (Lipinski definition) is 0. The van der Waals surface area contributed by atoms with Gasteiger partial charge >= 0.3 is 12.1 Å². The molecular formula is C12H13NO6S. The largest absolute Gasteiger partial charge is 0.462 e. The Kier molecular flexibility index (Phi) is 3.93. The summed E-state index contributed by atoms with van der Waals surface area (Å²) in [5, 5.41) is 0. The number of carbonyl (C=O) groups is 2. The first-order valence-corrected chi connectivity index (χ1v) is 7.37. The first-order valence-electron chi connectivity index (χ1n) is 5.93. The highest BCUT2D eigenvalue weighted by atomic mass is 32.2. The summed E-state index contributed by atoms with van der Waals surface area (Å²) in [5.41, 5.74) is 0.245. The van der Waals surface area contributed by atoms with Gasteiger partial charge in [-0.2, -0.15) is 4.31 Å². The van der Waals surface area contributed by atoms with E-state index in [4.69, 9.17) is 4.74 Å². The van der Waals surface area contributed by atoms with Gasteiger partial charge < -0.3 is 9.47 Å². The Balaban J connectivity index is 2.25. The molecule has 0 bridgehead atoms. The van der Waals surface area contributed by atoms with E-state index in [0.717, 1.165) is 0 Å². The third-order valence-electron chi connectivity index (χ3n) is 2.68. The number of benzene rings is 1. The topological polar surface area (TPSA) is 90.0 Å². The molecule has 0 atom stereocenters. The number of sulfonamides is 1. The van der Waals surface area contributed by atoms with Crippen LogP contribution in [0.15, 0.2) is 29.2 Å². The number of hydrogen-bond acceptors (Lipinski definition) is 6. The second kappa shape index (κ2) is 5.49. The fourth-order valence-electron chi connectivity index (χ4n) is 1.70. The van der Waals surface area contributed by atoms with Crippen LogP contribution in [0, 0.1) is 0 Å². The normalized spacial score (nSPS) is 15.1. The van der Waals surface area contributed by atoms with Crippen molar-refractivity contribution in [3.8, 4) is 0 Å². The first-order chi connectivity index (χ1) is 9.46. The smallest absolute Gasteiger partial charge is 0.424 e. The summed E-state index contributed by atoms with van der Waals surface area (Å²) < 4.78 is 34.4. The van der Waals surface area contributed by atoms with Crippen LogP contribution in [0.3, 0.4) is 0 Å². The second-order valence-electron chi connectivity index (χ2n) is 3.94. The van der Waals surface area contributed by atoms with E-state index < -0.39 is 22.1 Å². The van der Waals surface area contributed by atoms with Crippen LogP contribution < -0.4 is 0 Å². The van der Waals surface area contributed by atoms with Gasteiger partial charge in [0.1, 0.15) is 6.61 Å². The molecule has 0 spiro atoms. The maximum Gasteiger partial charge on any atom is 0.424 e. The van der Waals surface area contributed by atoms with Gasteiger partial charge in [0.15, 0.2) is 0 Å². The van der Waals surface area contributed by atoms with Gasteiger partial charge in [0, 0.05) is 0 Å². The molecule has 1 fully saturated rings. The van der Waals surface area contributed by atoms with Crippen molar-refractivity contribution in [3.63, 3.8) is 0 Å². The molecule has 1 aromatic carbocycles. The van der Waals surface area contributed by atoms with Gasteiger partial charge in [-0.1, -0.05) is 0 Å². The van der Waals surface area contributed by atoms with Gasteiger partial charge in [-0.3, -0.25) is 0 Å². The Hall–Kier alpha value is -2.09. The number of ether oxygens (including phenoxy) is 2. The Morgan fingerprint density at radius 1 is 1.35 bits per heavy atom. The molecule has 8 heteroatoms. The highest BCUT2D eigenvalue weighted by Gasteiger charge is 2.34. The van der Waals surface area contributed by atoms with Gasteiger partial charge in [0.05, 0.1) is 23.6 Å². The molecule has 0 N–H and O–H groups in total.